The lowest BCUT2D eigenvalue weighted by molar-refractivity contribution is -0.0511. The summed E-state index contributed by atoms with van der Waals surface area (Å²) in [5.41, 5.74) is 7.62. The quantitative estimate of drug-likeness (QED) is 0.436. The molecule has 4 rings (SSSR count). The van der Waals surface area contributed by atoms with Gasteiger partial charge in [-0.2, -0.15) is 0 Å². The molecule has 4 unspecified atom stereocenters. The molecule has 0 amide bonds. The van der Waals surface area contributed by atoms with E-state index >= 15 is 0 Å². The van der Waals surface area contributed by atoms with Crippen LogP contribution in [0.15, 0.2) is 12.4 Å². The Balaban J connectivity index is 1.45. The van der Waals surface area contributed by atoms with Crippen molar-refractivity contribution in [2.24, 2.45) is 5.92 Å². The highest BCUT2D eigenvalue weighted by Gasteiger charge is 2.44. The predicted molar refractivity (Wildman–Crippen MR) is 109 cm³/mol. The van der Waals surface area contributed by atoms with E-state index in [1.54, 1.807) is 10.6 Å². The molecule has 4 atom stereocenters. The van der Waals surface area contributed by atoms with Gasteiger partial charge in [0.2, 0.25) is 0 Å². The molecule has 9 nitrogen and oxygen atoms in total. The average molecular weight is 405 g/mol. The number of pyridine rings is 1. The predicted octanol–water partition coefficient (Wildman–Crippen LogP) is 1.40. The van der Waals surface area contributed by atoms with Gasteiger partial charge in [0.15, 0.2) is 11.9 Å². The fourth-order valence-corrected chi connectivity index (χ4v) is 4.50. The van der Waals surface area contributed by atoms with Crippen molar-refractivity contribution in [3.63, 3.8) is 0 Å². The third-order valence-electron chi connectivity index (χ3n) is 6.17. The molecule has 29 heavy (non-hydrogen) atoms. The zero-order valence-electron chi connectivity index (χ0n) is 16.6. The molecule has 1 aliphatic heterocycles. The normalized spacial score (nSPS) is 28.2. The number of aliphatic hydroxyl groups is 3. The summed E-state index contributed by atoms with van der Waals surface area (Å²) in [4.78, 5) is 8.89. The third kappa shape index (κ3) is 4.18. The molecule has 1 saturated carbocycles. The zero-order chi connectivity index (χ0) is 20.4. The number of ether oxygens (including phenoxy) is 1. The van der Waals surface area contributed by atoms with Gasteiger partial charge in [0, 0.05) is 12.6 Å². The molecule has 0 spiro atoms. The fourth-order valence-electron chi connectivity index (χ4n) is 4.50. The number of nitrogen functional groups attached to an aromatic ring is 1. The van der Waals surface area contributed by atoms with Crippen molar-refractivity contribution >= 4 is 22.7 Å². The molecule has 3 heterocycles. The van der Waals surface area contributed by atoms with E-state index in [1.165, 1.54) is 44.9 Å². The maximum atomic E-state index is 10.3. The standard InChI is InChI=1S/C20H31N5O4/c21-13-9-15(22-8-4-7-12-5-2-1-3-6-12)24-19-16(13)23-11-25(19)20-18(28)17(27)14(10-26)29-20/h9,11-12,14,17-18,20,26-28H,1-8,10H2,(H3,21,22,24). The molecule has 0 aromatic carbocycles. The number of nitrogens with one attached hydrogen (secondary N) is 1. The van der Waals surface area contributed by atoms with E-state index in [9.17, 15) is 15.3 Å². The molecule has 0 bridgehead atoms. The zero-order valence-corrected chi connectivity index (χ0v) is 16.6. The van der Waals surface area contributed by atoms with Crippen LogP contribution < -0.4 is 11.1 Å². The van der Waals surface area contributed by atoms with E-state index in [0.29, 0.717) is 22.7 Å². The summed E-state index contributed by atoms with van der Waals surface area (Å²) in [5.74, 6) is 1.49. The van der Waals surface area contributed by atoms with Gasteiger partial charge in [0.25, 0.3) is 0 Å². The number of nitrogens with two attached hydrogens (primary N) is 1. The van der Waals surface area contributed by atoms with E-state index in [4.69, 9.17) is 10.5 Å². The lowest BCUT2D eigenvalue weighted by Gasteiger charge is -2.21. The monoisotopic (exact) mass is 405 g/mol. The maximum absolute atomic E-state index is 10.3. The van der Waals surface area contributed by atoms with Crippen LogP contribution in [-0.2, 0) is 4.74 Å². The number of nitrogens with zero attached hydrogens (tertiary/aromatic N) is 3. The van der Waals surface area contributed by atoms with Gasteiger partial charge in [0.05, 0.1) is 18.6 Å². The van der Waals surface area contributed by atoms with Crippen LogP contribution in [0.4, 0.5) is 11.5 Å². The molecule has 1 aliphatic carbocycles. The first kappa shape index (κ1) is 20.3. The minimum atomic E-state index is -1.19. The van der Waals surface area contributed by atoms with Gasteiger partial charge < -0.3 is 31.1 Å². The van der Waals surface area contributed by atoms with Gasteiger partial charge in [-0.1, -0.05) is 32.1 Å². The van der Waals surface area contributed by atoms with Gasteiger partial charge in [-0.15, -0.1) is 0 Å². The molecular weight excluding hydrogens is 374 g/mol. The summed E-state index contributed by atoms with van der Waals surface area (Å²) >= 11 is 0. The van der Waals surface area contributed by atoms with Crippen LogP contribution in [-0.4, -0.2) is 61.3 Å². The molecule has 2 aromatic heterocycles. The number of anilines is 2. The molecular formula is C20H31N5O4. The number of hydrogen-bond donors (Lipinski definition) is 5. The summed E-state index contributed by atoms with van der Waals surface area (Å²) in [6.45, 7) is 0.432. The maximum Gasteiger partial charge on any atom is 0.166 e. The first-order chi connectivity index (χ1) is 14.1. The van der Waals surface area contributed by atoms with Gasteiger partial charge in [-0.3, -0.25) is 4.57 Å². The molecule has 0 radical (unpaired) electrons. The summed E-state index contributed by atoms with van der Waals surface area (Å²) in [7, 11) is 0. The van der Waals surface area contributed by atoms with Crippen molar-refractivity contribution in [3.8, 4) is 0 Å². The first-order valence-electron chi connectivity index (χ1n) is 10.6. The summed E-state index contributed by atoms with van der Waals surface area (Å²) in [5, 5.41) is 33.0. The lowest BCUT2D eigenvalue weighted by Crippen LogP contribution is -2.33. The Kier molecular flexibility index (Phi) is 6.19. The average Bonchev–Trinajstić information content (AvgIpc) is 3.28. The van der Waals surface area contributed by atoms with Crippen molar-refractivity contribution in [2.75, 3.05) is 24.2 Å². The molecule has 1 saturated heterocycles. The Morgan fingerprint density at radius 1 is 1.21 bits per heavy atom. The number of imidazole rings is 1. The van der Waals surface area contributed by atoms with E-state index < -0.39 is 24.5 Å². The summed E-state index contributed by atoms with van der Waals surface area (Å²) < 4.78 is 7.16. The Bertz CT molecular complexity index is 823. The van der Waals surface area contributed by atoms with Gasteiger partial charge in [-0.25, -0.2) is 9.97 Å². The number of hydrogen-bond acceptors (Lipinski definition) is 8. The Labute approximate surface area is 169 Å². The van der Waals surface area contributed by atoms with E-state index in [-0.39, 0.29) is 6.61 Å². The topological polar surface area (TPSA) is 139 Å². The number of aliphatic hydroxyl groups excluding tert-OH is 3. The minimum absolute atomic E-state index is 0.384. The van der Waals surface area contributed by atoms with Crippen molar-refractivity contribution in [3.05, 3.63) is 12.4 Å². The van der Waals surface area contributed by atoms with Crippen LogP contribution in [0.3, 0.4) is 0 Å². The Hall–Kier alpha value is -1.94. The lowest BCUT2D eigenvalue weighted by atomic mass is 9.86. The second-order valence-corrected chi connectivity index (χ2v) is 8.22. The third-order valence-corrected chi connectivity index (χ3v) is 6.17. The highest BCUT2D eigenvalue weighted by atomic mass is 16.6. The number of aromatic nitrogens is 3. The first-order valence-corrected chi connectivity index (χ1v) is 10.6. The van der Waals surface area contributed by atoms with Crippen molar-refractivity contribution in [1.82, 2.24) is 14.5 Å². The van der Waals surface area contributed by atoms with Gasteiger partial charge in [-0.05, 0) is 18.8 Å². The smallest absolute Gasteiger partial charge is 0.166 e. The van der Waals surface area contributed by atoms with Crippen LogP contribution in [0.2, 0.25) is 0 Å². The van der Waals surface area contributed by atoms with Crippen LogP contribution >= 0.6 is 0 Å². The highest BCUT2D eigenvalue weighted by Crippen LogP contribution is 2.33. The Morgan fingerprint density at radius 2 is 2.00 bits per heavy atom. The minimum Gasteiger partial charge on any atom is -0.397 e. The van der Waals surface area contributed by atoms with Crippen LogP contribution in [0.5, 0.6) is 0 Å². The number of fused-ring (bicyclic) bond motifs is 1. The molecule has 2 fully saturated rings. The van der Waals surface area contributed by atoms with E-state index in [0.717, 1.165) is 18.9 Å². The molecule has 2 aliphatic rings. The second-order valence-electron chi connectivity index (χ2n) is 8.22. The van der Waals surface area contributed by atoms with E-state index in [2.05, 4.69) is 15.3 Å². The Morgan fingerprint density at radius 3 is 2.72 bits per heavy atom. The van der Waals surface area contributed by atoms with Crippen molar-refractivity contribution < 1.29 is 20.1 Å². The highest BCUT2D eigenvalue weighted by molar-refractivity contribution is 5.86. The van der Waals surface area contributed by atoms with Crippen LogP contribution in [0.1, 0.15) is 51.2 Å². The second kappa shape index (κ2) is 8.83. The number of rotatable bonds is 7. The SMILES string of the molecule is Nc1cc(NCCCC2CCCCC2)nc2c1ncn2C1OC(CO)C(O)C1O. The summed E-state index contributed by atoms with van der Waals surface area (Å²) in [6, 6.07) is 1.76. The molecule has 9 heteroatoms. The summed E-state index contributed by atoms with van der Waals surface area (Å²) in [6.07, 6.45) is 6.47. The van der Waals surface area contributed by atoms with Crippen molar-refractivity contribution in [2.45, 2.75) is 69.5 Å². The molecule has 2 aromatic rings. The fraction of sp³-hybridized carbons (Fsp3) is 0.700. The van der Waals surface area contributed by atoms with Crippen LogP contribution in [0.25, 0.3) is 11.2 Å². The van der Waals surface area contributed by atoms with Gasteiger partial charge in [0.1, 0.15) is 29.6 Å². The van der Waals surface area contributed by atoms with Crippen LogP contribution in [0, 0.1) is 5.92 Å². The molecule has 160 valence electrons. The van der Waals surface area contributed by atoms with Crippen molar-refractivity contribution in [1.29, 1.82) is 0 Å². The molecule has 6 N–H and O–H groups in total. The van der Waals surface area contributed by atoms with Gasteiger partial charge >= 0.3 is 0 Å². The van der Waals surface area contributed by atoms with E-state index in [1.807, 2.05) is 0 Å². The largest absolute Gasteiger partial charge is 0.397 e.